The van der Waals surface area contributed by atoms with Crippen LogP contribution in [0.5, 0.6) is 5.75 Å². The second kappa shape index (κ2) is 8.10. The summed E-state index contributed by atoms with van der Waals surface area (Å²) >= 11 is 0. The fourth-order valence-electron chi connectivity index (χ4n) is 3.89. The quantitative estimate of drug-likeness (QED) is 0.660. The van der Waals surface area contributed by atoms with Crippen LogP contribution in [-0.2, 0) is 6.61 Å². The molecule has 2 aromatic carbocycles. The number of benzene rings is 2. The second-order valence-corrected chi connectivity index (χ2v) is 7.91. The fraction of sp³-hybridized carbons (Fsp3) is 0.333. The molecule has 0 radical (unpaired) electrons. The third-order valence-corrected chi connectivity index (χ3v) is 5.61. The molecule has 1 saturated heterocycles. The zero-order chi connectivity index (χ0) is 20.4. The van der Waals surface area contributed by atoms with Crippen LogP contribution in [0.4, 0.5) is 5.69 Å². The van der Waals surface area contributed by atoms with Gasteiger partial charge in [-0.05, 0) is 63.3 Å². The monoisotopic (exact) mass is 386 g/mol. The molecule has 0 aliphatic carbocycles. The van der Waals surface area contributed by atoms with Crippen molar-refractivity contribution in [1.82, 2.24) is 9.88 Å². The molecule has 4 rings (SSSR count). The van der Waals surface area contributed by atoms with Gasteiger partial charge in [0.2, 0.25) is 0 Å². The third kappa shape index (κ3) is 4.18. The van der Waals surface area contributed by atoms with Crippen LogP contribution in [0.2, 0.25) is 0 Å². The molecule has 148 valence electrons. The lowest BCUT2D eigenvalue weighted by molar-refractivity contribution is 0.306. The van der Waals surface area contributed by atoms with Crippen molar-refractivity contribution < 1.29 is 4.74 Å². The third-order valence-electron chi connectivity index (χ3n) is 5.61. The van der Waals surface area contributed by atoms with Gasteiger partial charge >= 0.3 is 0 Å². The number of aryl methyl sites for hydroxylation is 1. The predicted molar refractivity (Wildman–Crippen MR) is 116 cm³/mol. The molecule has 1 aliphatic heterocycles. The maximum atomic E-state index is 8.91. The number of hydrogen-bond acceptors (Lipinski definition) is 5. The summed E-state index contributed by atoms with van der Waals surface area (Å²) in [7, 11) is 4.31. The van der Waals surface area contributed by atoms with Crippen LogP contribution in [0, 0.1) is 18.3 Å². The molecule has 0 amide bonds. The van der Waals surface area contributed by atoms with Gasteiger partial charge in [-0.3, -0.25) is 4.98 Å². The highest BCUT2D eigenvalue weighted by molar-refractivity contribution is 5.93. The number of hydrogen-bond donors (Lipinski definition) is 0. The first-order valence-corrected chi connectivity index (χ1v) is 9.98. The van der Waals surface area contributed by atoms with E-state index < -0.39 is 0 Å². The highest BCUT2D eigenvalue weighted by atomic mass is 16.5. The van der Waals surface area contributed by atoms with E-state index >= 15 is 0 Å². The van der Waals surface area contributed by atoms with Crippen molar-refractivity contribution in [3.8, 4) is 11.8 Å². The van der Waals surface area contributed by atoms with E-state index in [4.69, 9.17) is 15.0 Å². The number of ether oxygens (including phenoxy) is 1. The molecule has 1 fully saturated rings. The van der Waals surface area contributed by atoms with Crippen LogP contribution in [0.15, 0.2) is 48.5 Å². The van der Waals surface area contributed by atoms with Gasteiger partial charge in [-0.2, -0.15) is 5.26 Å². The Labute approximate surface area is 172 Å². The minimum absolute atomic E-state index is 0.465. The predicted octanol–water partition coefficient (Wildman–Crippen LogP) is 4.13. The summed E-state index contributed by atoms with van der Waals surface area (Å²) in [6.45, 7) is 4.63. The molecule has 0 N–H and O–H groups in total. The maximum Gasteiger partial charge on any atom is 0.122 e. The Bertz CT molecular complexity index is 1050. The van der Waals surface area contributed by atoms with E-state index in [0.717, 1.165) is 35.6 Å². The highest BCUT2D eigenvalue weighted by Crippen LogP contribution is 2.32. The van der Waals surface area contributed by atoms with Gasteiger partial charge in [0.1, 0.15) is 12.4 Å². The molecule has 5 heteroatoms. The number of nitriles is 1. The first-order chi connectivity index (χ1) is 14.0. The molecule has 5 nitrogen and oxygen atoms in total. The average Bonchev–Trinajstić information content (AvgIpc) is 3.22. The molecule has 1 aromatic heterocycles. The Balaban J connectivity index is 1.55. The van der Waals surface area contributed by atoms with Crippen LogP contribution in [-0.4, -0.2) is 43.1 Å². The summed E-state index contributed by atoms with van der Waals surface area (Å²) in [5.41, 5.74) is 4.94. The molecular weight excluding hydrogens is 360 g/mol. The fourth-order valence-corrected chi connectivity index (χ4v) is 3.89. The van der Waals surface area contributed by atoms with Crippen molar-refractivity contribution in [3.63, 3.8) is 0 Å². The average molecular weight is 386 g/mol. The summed E-state index contributed by atoms with van der Waals surface area (Å²) in [4.78, 5) is 9.53. The van der Waals surface area contributed by atoms with E-state index in [2.05, 4.69) is 42.1 Å². The van der Waals surface area contributed by atoms with Gasteiger partial charge in [0, 0.05) is 42.0 Å². The largest absolute Gasteiger partial charge is 0.489 e. The Hall–Kier alpha value is -3.10. The van der Waals surface area contributed by atoms with Gasteiger partial charge in [0.25, 0.3) is 0 Å². The van der Waals surface area contributed by atoms with Gasteiger partial charge in [-0.15, -0.1) is 0 Å². The van der Waals surface area contributed by atoms with E-state index in [1.165, 1.54) is 17.5 Å². The van der Waals surface area contributed by atoms with Crippen LogP contribution in [0.3, 0.4) is 0 Å². The highest BCUT2D eigenvalue weighted by Gasteiger charge is 2.25. The van der Waals surface area contributed by atoms with Crippen molar-refractivity contribution in [2.75, 3.05) is 32.1 Å². The lowest BCUT2D eigenvalue weighted by atomic mass is 10.1. The van der Waals surface area contributed by atoms with Crippen LogP contribution >= 0.6 is 0 Å². The number of likely N-dealkylation sites (N-methyl/N-ethyl adjacent to an activating group) is 1. The second-order valence-electron chi connectivity index (χ2n) is 7.91. The minimum Gasteiger partial charge on any atom is -0.489 e. The van der Waals surface area contributed by atoms with Gasteiger partial charge in [0.05, 0.1) is 17.1 Å². The van der Waals surface area contributed by atoms with Gasteiger partial charge < -0.3 is 14.5 Å². The zero-order valence-electron chi connectivity index (χ0n) is 17.2. The first-order valence-electron chi connectivity index (χ1n) is 9.98. The normalized spacial score (nSPS) is 16.4. The summed E-state index contributed by atoms with van der Waals surface area (Å²) in [6.07, 6.45) is 1.18. The van der Waals surface area contributed by atoms with Crippen molar-refractivity contribution in [2.45, 2.75) is 26.0 Å². The van der Waals surface area contributed by atoms with Crippen molar-refractivity contribution in [1.29, 1.82) is 5.26 Å². The molecule has 2 heterocycles. The smallest absolute Gasteiger partial charge is 0.122 e. The van der Waals surface area contributed by atoms with E-state index in [0.29, 0.717) is 18.2 Å². The van der Waals surface area contributed by atoms with Crippen molar-refractivity contribution in [3.05, 3.63) is 65.4 Å². The molecule has 0 bridgehead atoms. The molecular formula is C24H26N4O. The number of nitrogens with zero attached hydrogens (tertiary/aromatic N) is 4. The number of pyridine rings is 1. The summed E-state index contributed by atoms with van der Waals surface area (Å²) in [5.74, 6) is 0.804. The van der Waals surface area contributed by atoms with E-state index in [9.17, 15) is 0 Å². The Morgan fingerprint density at radius 1 is 1.17 bits per heavy atom. The first kappa shape index (κ1) is 19.2. The van der Waals surface area contributed by atoms with Crippen LogP contribution < -0.4 is 9.64 Å². The molecule has 0 saturated carbocycles. The molecule has 0 unspecified atom stereocenters. The lowest BCUT2D eigenvalue weighted by Crippen LogP contribution is -2.31. The van der Waals surface area contributed by atoms with Gasteiger partial charge in [-0.1, -0.05) is 12.1 Å². The summed E-state index contributed by atoms with van der Waals surface area (Å²) in [5, 5.41) is 10.1. The Kier molecular flexibility index (Phi) is 5.37. The Morgan fingerprint density at radius 2 is 1.97 bits per heavy atom. The standard InChI is InChI=1S/C24H26N4O/c1-17-12-24(28-11-10-20(15-28)27(2)3)22-9-8-21(13-23(22)26-17)29-16-19-6-4-18(14-25)5-7-19/h4-9,12-13,20H,10-11,15-16H2,1-3H3/t20-/m0/s1. The maximum absolute atomic E-state index is 8.91. The molecule has 29 heavy (non-hydrogen) atoms. The molecule has 0 spiro atoms. The zero-order valence-corrected chi connectivity index (χ0v) is 17.2. The minimum atomic E-state index is 0.465. The summed E-state index contributed by atoms with van der Waals surface area (Å²) in [6, 6.07) is 18.6. The van der Waals surface area contributed by atoms with E-state index in [1.54, 1.807) is 0 Å². The topological polar surface area (TPSA) is 52.4 Å². The number of anilines is 1. The van der Waals surface area contributed by atoms with Crippen molar-refractivity contribution >= 4 is 16.6 Å². The van der Waals surface area contributed by atoms with Gasteiger partial charge in [0.15, 0.2) is 0 Å². The lowest BCUT2D eigenvalue weighted by Gasteiger charge is -2.23. The number of fused-ring (bicyclic) bond motifs is 1. The van der Waals surface area contributed by atoms with E-state index in [1.807, 2.05) is 43.3 Å². The molecule has 1 atom stereocenters. The summed E-state index contributed by atoms with van der Waals surface area (Å²) < 4.78 is 5.98. The molecule has 3 aromatic rings. The van der Waals surface area contributed by atoms with Crippen LogP contribution in [0.1, 0.15) is 23.2 Å². The van der Waals surface area contributed by atoms with Crippen molar-refractivity contribution in [2.24, 2.45) is 0 Å². The van der Waals surface area contributed by atoms with E-state index in [-0.39, 0.29) is 0 Å². The molecule has 1 aliphatic rings. The van der Waals surface area contributed by atoms with Gasteiger partial charge in [-0.25, -0.2) is 0 Å². The number of rotatable bonds is 5. The van der Waals surface area contributed by atoms with Crippen LogP contribution in [0.25, 0.3) is 10.9 Å². The SMILES string of the molecule is Cc1cc(N2CC[C@H](N(C)C)C2)c2ccc(OCc3ccc(C#N)cc3)cc2n1. The Morgan fingerprint density at radius 3 is 2.66 bits per heavy atom. The number of aromatic nitrogens is 1.